The number of ether oxygens (including phenoxy) is 3. The normalized spacial score (nSPS) is 20.5. The van der Waals surface area contributed by atoms with Gasteiger partial charge in [0.05, 0.1) is 31.3 Å². The Balaban J connectivity index is 1.65. The Morgan fingerprint density at radius 2 is 1.93 bits per heavy atom. The molecule has 4 rings (SSSR count). The number of methoxy groups -OCH3 is 1. The van der Waals surface area contributed by atoms with E-state index in [4.69, 9.17) is 14.2 Å². The second-order valence-electron chi connectivity index (χ2n) is 7.24. The van der Waals surface area contributed by atoms with E-state index in [0.29, 0.717) is 16.9 Å². The Labute approximate surface area is 173 Å². The van der Waals surface area contributed by atoms with Gasteiger partial charge < -0.3 is 14.2 Å². The second-order valence-corrected chi connectivity index (χ2v) is 7.24. The van der Waals surface area contributed by atoms with Gasteiger partial charge in [-0.15, -0.1) is 0 Å². The number of carbonyl (C=O) groups excluding carboxylic acids is 3. The number of carbonyl (C=O) groups is 3. The molecule has 0 amide bonds. The topological polar surface area (TPSA) is 91.8 Å². The molecule has 0 N–H and O–H groups in total. The molecular formula is C23H21NO6. The van der Waals surface area contributed by atoms with E-state index >= 15 is 0 Å². The number of fused-ring (bicyclic) bond motifs is 1. The van der Waals surface area contributed by atoms with Crippen molar-refractivity contribution >= 4 is 17.5 Å². The highest BCUT2D eigenvalue weighted by Crippen LogP contribution is 2.39. The molecule has 2 atom stereocenters. The number of esters is 1. The third-order valence-corrected chi connectivity index (χ3v) is 5.29. The lowest BCUT2D eigenvalue weighted by Gasteiger charge is -2.33. The van der Waals surface area contributed by atoms with Crippen LogP contribution < -0.4 is 4.74 Å². The van der Waals surface area contributed by atoms with Crippen molar-refractivity contribution < 1.29 is 28.6 Å². The van der Waals surface area contributed by atoms with Crippen molar-refractivity contribution in [3.8, 4) is 5.75 Å². The monoisotopic (exact) mass is 407 g/mol. The van der Waals surface area contributed by atoms with E-state index in [2.05, 4.69) is 4.98 Å². The number of rotatable bonds is 5. The van der Waals surface area contributed by atoms with Gasteiger partial charge in [-0.25, -0.2) is 0 Å². The molecule has 1 aromatic heterocycles. The highest BCUT2D eigenvalue weighted by molar-refractivity contribution is 6.27. The van der Waals surface area contributed by atoms with Crippen LogP contribution in [0, 0.1) is 0 Å². The Kier molecular flexibility index (Phi) is 5.46. The van der Waals surface area contributed by atoms with Crippen molar-refractivity contribution in [3.63, 3.8) is 0 Å². The van der Waals surface area contributed by atoms with E-state index < -0.39 is 18.2 Å². The fourth-order valence-corrected chi connectivity index (χ4v) is 3.88. The molecular weight excluding hydrogens is 386 g/mol. The Morgan fingerprint density at radius 3 is 2.67 bits per heavy atom. The Morgan fingerprint density at radius 1 is 1.17 bits per heavy atom. The standard InChI is InChI=1S/C23H21NO6/c1-13-19-16(10-15(30-13)11-18(25)28-2)22(26)21-20(23(19)27)17(8-9-24-21)29-12-14-6-4-3-5-7-14/h3-9,13,15H,10-12H2,1-2H3/t13-,15-/m1/s1. The summed E-state index contributed by atoms with van der Waals surface area (Å²) in [7, 11) is 1.30. The lowest BCUT2D eigenvalue weighted by atomic mass is 9.80. The summed E-state index contributed by atoms with van der Waals surface area (Å²) in [6.45, 7) is 1.97. The summed E-state index contributed by atoms with van der Waals surface area (Å²) in [6, 6.07) is 11.1. The van der Waals surface area contributed by atoms with Crippen molar-refractivity contribution in [2.75, 3.05) is 7.11 Å². The highest BCUT2D eigenvalue weighted by atomic mass is 16.5. The SMILES string of the molecule is COC(=O)C[C@H]1CC2=C(C(=O)c3c(OCc4ccccc4)ccnc3C2=O)[C@@H](C)O1. The van der Waals surface area contributed by atoms with E-state index in [-0.39, 0.29) is 42.3 Å². The summed E-state index contributed by atoms with van der Waals surface area (Å²) in [6.07, 6.45) is 0.483. The lowest BCUT2D eigenvalue weighted by molar-refractivity contribution is -0.144. The maximum Gasteiger partial charge on any atom is 0.308 e. The average Bonchev–Trinajstić information content (AvgIpc) is 2.76. The maximum atomic E-state index is 13.3. The van der Waals surface area contributed by atoms with Gasteiger partial charge >= 0.3 is 5.97 Å². The van der Waals surface area contributed by atoms with Crippen LogP contribution >= 0.6 is 0 Å². The molecule has 2 aromatic rings. The highest BCUT2D eigenvalue weighted by Gasteiger charge is 2.42. The molecule has 1 aromatic carbocycles. The number of pyridine rings is 1. The molecule has 0 radical (unpaired) electrons. The van der Waals surface area contributed by atoms with Gasteiger partial charge in [0.15, 0.2) is 5.78 Å². The molecule has 7 heteroatoms. The second kappa shape index (κ2) is 8.20. The first-order valence-electron chi connectivity index (χ1n) is 9.70. The van der Waals surface area contributed by atoms with Crippen molar-refractivity contribution in [2.24, 2.45) is 0 Å². The molecule has 0 spiro atoms. The van der Waals surface area contributed by atoms with Gasteiger partial charge in [-0.3, -0.25) is 19.4 Å². The number of hydrogen-bond acceptors (Lipinski definition) is 7. The van der Waals surface area contributed by atoms with E-state index in [1.165, 1.54) is 13.3 Å². The van der Waals surface area contributed by atoms with Crippen molar-refractivity contribution in [1.29, 1.82) is 0 Å². The summed E-state index contributed by atoms with van der Waals surface area (Å²) in [5, 5.41) is 0. The maximum absolute atomic E-state index is 13.3. The molecule has 1 aliphatic carbocycles. The van der Waals surface area contributed by atoms with Crippen LogP contribution in [0.5, 0.6) is 5.75 Å². The Bertz CT molecular complexity index is 1040. The largest absolute Gasteiger partial charge is 0.488 e. The summed E-state index contributed by atoms with van der Waals surface area (Å²) in [4.78, 5) is 42.3. The van der Waals surface area contributed by atoms with Crippen LogP contribution in [0.1, 0.15) is 46.2 Å². The zero-order valence-electron chi connectivity index (χ0n) is 16.7. The van der Waals surface area contributed by atoms with E-state index in [1.807, 2.05) is 30.3 Å². The number of nitrogens with zero attached hydrogens (tertiary/aromatic N) is 1. The summed E-state index contributed by atoms with van der Waals surface area (Å²) in [5.41, 5.74) is 1.85. The third kappa shape index (κ3) is 3.64. The predicted molar refractivity (Wildman–Crippen MR) is 106 cm³/mol. The van der Waals surface area contributed by atoms with Gasteiger partial charge in [0.1, 0.15) is 18.1 Å². The summed E-state index contributed by atoms with van der Waals surface area (Å²) >= 11 is 0. The van der Waals surface area contributed by atoms with Crippen LogP contribution in [-0.2, 0) is 20.9 Å². The van der Waals surface area contributed by atoms with Gasteiger partial charge in [0.2, 0.25) is 5.78 Å². The Hall–Kier alpha value is -3.32. The van der Waals surface area contributed by atoms with Gasteiger partial charge in [0.25, 0.3) is 0 Å². The van der Waals surface area contributed by atoms with Crippen LogP contribution in [-0.4, -0.2) is 41.8 Å². The number of ketones is 2. The van der Waals surface area contributed by atoms with E-state index in [9.17, 15) is 14.4 Å². The zero-order chi connectivity index (χ0) is 21.3. The molecule has 154 valence electrons. The van der Waals surface area contributed by atoms with Crippen molar-refractivity contribution in [1.82, 2.24) is 4.98 Å². The predicted octanol–water partition coefficient (Wildman–Crippen LogP) is 3.08. The van der Waals surface area contributed by atoms with Gasteiger partial charge in [-0.1, -0.05) is 30.3 Å². The molecule has 2 heterocycles. The molecule has 0 fully saturated rings. The number of hydrogen-bond donors (Lipinski definition) is 0. The molecule has 0 saturated carbocycles. The van der Waals surface area contributed by atoms with Gasteiger partial charge in [-0.2, -0.15) is 0 Å². The fourth-order valence-electron chi connectivity index (χ4n) is 3.88. The minimum Gasteiger partial charge on any atom is -0.488 e. The van der Waals surface area contributed by atoms with Crippen LogP contribution in [0.2, 0.25) is 0 Å². The fraction of sp³-hybridized carbons (Fsp3) is 0.304. The van der Waals surface area contributed by atoms with Gasteiger partial charge in [-0.05, 0) is 18.6 Å². The minimum atomic E-state index is -0.629. The number of Topliss-reactive ketones (excluding diaryl/α,β-unsaturated/α-hetero) is 2. The molecule has 0 saturated heterocycles. The number of aromatic nitrogens is 1. The van der Waals surface area contributed by atoms with Crippen LogP contribution in [0.4, 0.5) is 0 Å². The van der Waals surface area contributed by atoms with E-state index in [0.717, 1.165) is 5.56 Å². The van der Waals surface area contributed by atoms with Gasteiger partial charge in [0, 0.05) is 23.8 Å². The summed E-state index contributed by atoms with van der Waals surface area (Å²) < 4.78 is 16.4. The first-order valence-corrected chi connectivity index (χ1v) is 9.70. The molecule has 2 aliphatic rings. The quantitative estimate of drug-likeness (QED) is 0.704. The smallest absolute Gasteiger partial charge is 0.308 e. The number of benzene rings is 1. The van der Waals surface area contributed by atoms with Crippen molar-refractivity contribution in [3.05, 3.63) is 70.6 Å². The van der Waals surface area contributed by atoms with E-state index in [1.54, 1.807) is 13.0 Å². The molecule has 0 bridgehead atoms. The molecule has 7 nitrogen and oxygen atoms in total. The molecule has 0 unspecified atom stereocenters. The van der Waals surface area contributed by atoms with Crippen LogP contribution in [0.3, 0.4) is 0 Å². The molecule has 1 aliphatic heterocycles. The zero-order valence-corrected chi connectivity index (χ0v) is 16.7. The third-order valence-electron chi connectivity index (χ3n) is 5.29. The van der Waals surface area contributed by atoms with Crippen LogP contribution in [0.15, 0.2) is 53.7 Å². The van der Waals surface area contributed by atoms with Crippen molar-refractivity contribution in [2.45, 2.75) is 38.6 Å². The molecule has 30 heavy (non-hydrogen) atoms. The summed E-state index contributed by atoms with van der Waals surface area (Å²) in [5.74, 6) is -0.756. The van der Waals surface area contributed by atoms with Crippen LogP contribution in [0.25, 0.3) is 0 Å². The minimum absolute atomic E-state index is 0.0135. The first kappa shape index (κ1) is 20.0. The first-order chi connectivity index (χ1) is 14.5. The average molecular weight is 407 g/mol. The lowest BCUT2D eigenvalue weighted by Crippen LogP contribution is -2.38.